The van der Waals surface area contributed by atoms with E-state index in [9.17, 15) is 4.79 Å². The number of carbonyl (C=O) groups excluding carboxylic acids is 1. The van der Waals surface area contributed by atoms with Gasteiger partial charge in [-0.25, -0.2) is 0 Å². The Morgan fingerprint density at radius 2 is 1.76 bits per heavy atom. The van der Waals surface area contributed by atoms with Crippen LogP contribution in [0.5, 0.6) is 0 Å². The molecule has 2 aliphatic heterocycles. The molecule has 1 aromatic rings. The maximum Gasteiger partial charge on any atom is 0.244 e. The number of likely N-dealkylation sites (tertiary alicyclic amines) is 1. The van der Waals surface area contributed by atoms with E-state index in [0.717, 1.165) is 51.0 Å². The molecule has 5 nitrogen and oxygen atoms in total. The summed E-state index contributed by atoms with van der Waals surface area (Å²) in [7, 11) is 1.69. The van der Waals surface area contributed by atoms with Crippen molar-refractivity contribution in [1.82, 2.24) is 4.90 Å². The first-order valence-electron chi connectivity index (χ1n) is 9.41. The summed E-state index contributed by atoms with van der Waals surface area (Å²) in [6.45, 7) is 6.08. The van der Waals surface area contributed by atoms with Crippen LogP contribution in [0.2, 0.25) is 0 Å². The van der Waals surface area contributed by atoms with Gasteiger partial charge in [0.05, 0.1) is 25.4 Å². The first-order chi connectivity index (χ1) is 12.2. The molecule has 1 amide bonds. The Bertz CT molecular complexity index is 553. The summed E-state index contributed by atoms with van der Waals surface area (Å²) in [5.74, 6) is 0.258. The molecule has 0 bridgehead atoms. The van der Waals surface area contributed by atoms with Crippen molar-refractivity contribution in [3.8, 4) is 0 Å². The second-order valence-corrected chi connectivity index (χ2v) is 7.08. The number of nitrogens with zero attached hydrogens (tertiary/aromatic N) is 2. The minimum Gasteiger partial charge on any atom is -0.382 e. The molecule has 0 spiro atoms. The normalized spacial score (nSPS) is 23.2. The van der Waals surface area contributed by atoms with Crippen molar-refractivity contribution in [3.63, 3.8) is 0 Å². The fourth-order valence-electron chi connectivity index (χ4n) is 3.83. The van der Waals surface area contributed by atoms with E-state index in [1.807, 2.05) is 4.90 Å². The van der Waals surface area contributed by atoms with Crippen LogP contribution in [0, 0.1) is 6.92 Å². The summed E-state index contributed by atoms with van der Waals surface area (Å²) in [4.78, 5) is 17.4. The molecule has 3 rings (SSSR count). The van der Waals surface area contributed by atoms with E-state index in [-0.39, 0.29) is 11.9 Å². The first kappa shape index (κ1) is 18.4. The molecule has 2 heterocycles. The van der Waals surface area contributed by atoms with E-state index < -0.39 is 0 Å². The summed E-state index contributed by atoms with van der Waals surface area (Å²) in [5, 5.41) is 0. The number of rotatable bonds is 6. The van der Waals surface area contributed by atoms with Gasteiger partial charge in [-0.3, -0.25) is 9.69 Å². The highest BCUT2D eigenvalue weighted by Crippen LogP contribution is 2.26. The van der Waals surface area contributed by atoms with Crippen LogP contribution >= 0.6 is 0 Å². The number of methoxy groups -OCH3 is 1. The number of aryl methyl sites for hydroxylation is 1. The van der Waals surface area contributed by atoms with E-state index in [0.29, 0.717) is 19.3 Å². The molecule has 1 atom stereocenters. The van der Waals surface area contributed by atoms with E-state index in [1.54, 1.807) is 7.11 Å². The van der Waals surface area contributed by atoms with Crippen LogP contribution < -0.4 is 4.90 Å². The molecule has 5 heteroatoms. The summed E-state index contributed by atoms with van der Waals surface area (Å²) < 4.78 is 10.9. The van der Waals surface area contributed by atoms with Crippen molar-refractivity contribution in [2.75, 3.05) is 44.9 Å². The van der Waals surface area contributed by atoms with Crippen molar-refractivity contribution in [3.05, 3.63) is 29.8 Å². The van der Waals surface area contributed by atoms with Gasteiger partial charge < -0.3 is 14.4 Å². The number of hydrogen-bond acceptors (Lipinski definition) is 4. The summed E-state index contributed by atoms with van der Waals surface area (Å²) >= 11 is 0. The highest BCUT2D eigenvalue weighted by molar-refractivity contribution is 5.97. The van der Waals surface area contributed by atoms with Gasteiger partial charge in [-0.05, 0) is 44.7 Å². The SMILES string of the molecule is COCCOC1CCN([C@H]2CCCN(c3ccc(C)cc3)C2=O)CC1. The van der Waals surface area contributed by atoms with E-state index >= 15 is 0 Å². The molecule has 0 radical (unpaired) electrons. The Morgan fingerprint density at radius 3 is 2.44 bits per heavy atom. The standard InChI is InChI=1S/C20H30N2O3/c1-16-5-7-17(8-6-16)22-11-3-4-19(20(22)23)21-12-9-18(10-13-21)25-15-14-24-2/h5-8,18-19H,3-4,9-15H2,1-2H3/t19-/m0/s1. The Kier molecular flexibility index (Phi) is 6.45. The van der Waals surface area contributed by atoms with Crippen LogP contribution in [0.1, 0.15) is 31.2 Å². The van der Waals surface area contributed by atoms with E-state index in [4.69, 9.17) is 9.47 Å². The number of ether oxygens (including phenoxy) is 2. The van der Waals surface area contributed by atoms with Crippen molar-refractivity contribution in [1.29, 1.82) is 0 Å². The quantitative estimate of drug-likeness (QED) is 0.743. The van der Waals surface area contributed by atoms with Crippen molar-refractivity contribution in [2.45, 2.75) is 44.8 Å². The molecule has 0 saturated carbocycles. The smallest absolute Gasteiger partial charge is 0.244 e. The monoisotopic (exact) mass is 346 g/mol. The summed E-state index contributed by atoms with van der Waals surface area (Å²) in [5.41, 5.74) is 2.25. The van der Waals surface area contributed by atoms with Crippen LogP contribution in [0.4, 0.5) is 5.69 Å². The zero-order valence-corrected chi connectivity index (χ0v) is 15.4. The van der Waals surface area contributed by atoms with Gasteiger partial charge in [-0.1, -0.05) is 17.7 Å². The number of hydrogen-bond donors (Lipinski definition) is 0. The molecule has 2 saturated heterocycles. The molecule has 138 valence electrons. The Balaban J connectivity index is 1.56. The third-order valence-corrected chi connectivity index (χ3v) is 5.31. The second-order valence-electron chi connectivity index (χ2n) is 7.08. The van der Waals surface area contributed by atoms with Gasteiger partial charge in [-0.2, -0.15) is 0 Å². The largest absolute Gasteiger partial charge is 0.382 e. The highest BCUT2D eigenvalue weighted by atomic mass is 16.5. The number of carbonyl (C=O) groups is 1. The molecule has 0 aromatic heterocycles. The Hall–Kier alpha value is -1.43. The van der Waals surface area contributed by atoms with E-state index in [2.05, 4.69) is 36.1 Å². The van der Waals surface area contributed by atoms with Crippen molar-refractivity contribution < 1.29 is 14.3 Å². The predicted molar refractivity (Wildman–Crippen MR) is 99.0 cm³/mol. The molecule has 2 aliphatic rings. The van der Waals surface area contributed by atoms with Crippen molar-refractivity contribution in [2.24, 2.45) is 0 Å². The zero-order chi connectivity index (χ0) is 17.6. The molecule has 2 fully saturated rings. The average molecular weight is 346 g/mol. The molecule has 1 aromatic carbocycles. The average Bonchev–Trinajstić information content (AvgIpc) is 2.64. The number of piperidine rings is 2. The lowest BCUT2D eigenvalue weighted by Crippen LogP contribution is -2.55. The van der Waals surface area contributed by atoms with Crippen molar-refractivity contribution >= 4 is 11.6 Å². The molecule has 25 heavy (non-hydrogen) atoms. The minimum absolute atomic E-state index is 0.0231. The van der Waals surface area contributed by atoms with E-state index in [1.165, 1.54) is 5.56 Å². The molecule has 0 N–H and O–H groups in total. The summed E-state index contributed by atoms with van der Waals surface area (Å²) in [6.07, 6.45) is 4.33. The van der Waals surface area contributed by atoms with Crippen LogP contribution in [-0.2, 0) is 14.3 Å². The van der Waals surface area contributed by atoms with Gasteiger partial charge in [0.2, 0.25) is 5.91 Å². The predicted octanol–water partition coefficient (Wildman–Crippen LogP) is 2.62. The molecular formula is C20H30N2O3. The lowest BCUT2D eigenvalue weighted by atomic mass is 9.98. The topological polar surface area (TPSA) is 42.0 Å². The fraction of sp³-hybridized carbons (Fsp3) is 0.650. The maximum atomic E-state index is 13.0. The number of amides is 1. The van der Waals surface area contributed by atoms with Gasteiger partial charge in [0.25, 0.3) is 0 Å². The third-order valence-electron chi connectivity index (χ3n) is 5.31. The highest BCUT2D eigenvalue weighted by Gasteiger charge is 2.35. The lowest BCUT2D eigenvalue weighted by molar-refractivity contribution is -0.126. The van der Waals surface area contributed by atoms with Gasteiger partial charge in [0.15, 0.2) is 0 Å². The van der Waals surface area contributed by atoms with Crippen LogP contribution in [0.25, 0.3) is 0 Å². The number of anilines is 1. The second kappa shape index (κ2) is 8.79. The first-order valence-corrected chi connectivity index (χ1v) is 9.41. The minimum atomic E-state index is 0.0231. The van der Waals surface area contributed by atoms with Gasteiger partial charge in [0.1, 0.15) is 0 Å². The molecular weight excluding hydrogens is 316 g/mol. The maximum absolute atomic E-state index is 13.0. The van der Waals surface area contributed by atoms with Gasteiger partial charge in [0, 0.05) is 32.4 Å². The van der Waals surface area contributed by atoms with Gasteiger partial charge in [-0.15, -0.1) is 0 Å². The zero-order valence-electron chi connectivity index (χ0n) is 15.4. The lowest BCUT2D eigenvalue weighted by Gasteiger charge is -2.41. The molecule has 0 aliphatic carbocycles. The van der Waals surface area contributed by atoms with Crippen LogP contribution in [0.15, 0.2) is 24.3 Å². The third kappa shape index (κ3) is 4.60. The van der Waals surface area contributed by atoms with Crippen LogP contribution in [0.3, 0.4) is 0 Å². The number of benzene rings is 1. The summed E-state index contributed by atoms with van der Waals surface area (Å²) in [6, 6.07) is 8.30. The Morgan fingerprint density at radius 1 is 1.04 bits per heavy atom. The fourth-order valence-corrected chi connectivity index (χ4v) is 3.83. The molecule has 0 unspecified atom stereocenters. The van der Waals surface area contributed by atoms with Gasteiger partial charge >= 0.3 is 0 Å². The Labute approximate surface area is 150 Å². The van der Waals surface area contributed by atoms with Crippen LogP contribution in [-0.4, -0.2) is 62.9 Å².